The molecule has 9 nitrogen and oxygen atoms in total. The van der Waals surface area contributed by atoms with Gasteiger partial charge in [0, 0.05) is 47.5 Å². The predicted octanol–water partition coefficient (Wildman–Crippen LogP) is 3.46. The van der Waals surface area contributed by atoms with E-state index in [0.717, 1.165) is 36.7 Å². The number of piperidine rings is 1. The number of hydrogen-bond donors (Lipinski definition) is 4. The number of nitrogen functional groups attached to an aromatic ring is 1. The minimum atomic E-state index is -0.539. The lowest BCUT2D eigenvalue weighted by Gasteiger charge is -2.39. The average molecular weight is 490 g/mol. The molecule has 2 unspecified atom stereocenters. The molecule has 0 aliphatic carbocycles. The second kappa shape index (κ2) is 9.13. The van der Waals surface area contributed by atoms with E-state index >= 15 is 4.39 Å². The van der Waals surface area contributed by atoms with Gasteiger partial charge >= 0.3 is 6.09 Å². The maximum Gasteiger partial charge on any atom is 0.413 e. The van der Waals surface area contributed by atoms with E-state index in [9.17, 15) is 4.79 Å². The van der Waals surface area contributed by atoms with E-state index in [2.05, 4.69) is 25.9 Å². The number of carbonyl (C=O) groups excluding carboxylic acids is 1. The number of nitrogens with one attached hydrogen (secondary N) is 3. The van der Waals surface area contributed by atoms with Gasteiger partial charge in [-0.25, -0.2) is 19.2 Å². The fraction of sp³-hybridized carbons (Fsp3) is 0.400. The van der Waals surface area contributed by atoms with E-state index < -0.39 is 11.9 Å². The van der Waals surface area contributed by atoms with E-state index in [1.807, 2.05) is 6.92 Å². The number of aromatic nitrogens is 2. The number of ether oxygens (including phenoxy) is 2. The van der Waals surface area contributed by atoms with Crippen LogP contribution in [-0.2, 0) is 4.74 Å². The Balaban J connectivity index is 1.26. The number of halogens is 1. The van der Waals surface area contributed by atoms with Crippen LogP contribution in [0.15, 0.2) is 24.5 Å². The third kappa shape index (κ3) is 4.17. The van der Waals surface area contributed by atoms with Crippen LogP contribution >= 0.6 is 0 Å². The topological polar surface area (TPSA) is 123 Å². The number of nitrogens with zero attached hydrogens (tertiary/aromatic N) is 2. The van der Waals surface area contributed by atoms with Crippen molar-refractivity contribution in [3.63, 3.8) is 0 Å². The van der Waals surface area contributed by atoms with E-state index in [1.165, 1.54) is 13.5 Å². The van der Waals surface area contributed by atoms with Crippen molar-refractivity contribution >= 4 is 41.3 Å². The number of benzene rings is 1. The number of anilines is 3. The number of pyridine rings is 2. The Morgan fingerprint density at radius 2 is 2.03 bits per heavy atom. The molecule has 0 spiro atoms. The van der Waals surface area contributed by atoms with Crippen LogP contribution in [0.1, 0.15) is 18.4 Å². The smallest absolute Gasteiger partial charge is 0.413 e. The van der Waals surface area contributed by atoms with E-state index in [4.69, 9.17) is 15.2 Å². The molecular weight excluding hydrogens is 462 g/mol. The zero-order valence-corrected chi connectivity index (χ0v) is 20.1. The summed E-state index contributed by atoms with van der Waals surface area (Å²) in [6.45, 7) is 3.07. The van der Waals surface area contributed by atoms with Crippen LogP contribution in [-0.4, -0.2) is 54.7 Å². The molecule has 3 aliphatic rings. The first-order valence-electron chi connectivity index (χ1n) is 12.4. The summed E-state index contributed by atoms with van der Waals surface area (Å²) in [5.74, 6) is 0.277. The minimum absolute atomic E-state index is 0.00768. The van der Waals surface area contributed by atoms with Crippen LogP contribution in [0.2, 0.25) is 12.6 Å². The van der Waals surface area contributed by atoms with Crippen molar-refractivity contribution in [1.82, 2.24) is 15.3 Å². The highest BCUT2D eigenvalue weighted by atomic mass is 19.1. The van der Waals surface area contributed by atoms with E-state index in [0.29, 0.717) is 58.8 Å². The van der Waals surface area contributed by atoms with Gasteiger partial charge in [0.15, 0.2) is 5.82 Å². The molecule has 1 amide bonds. The third-order valence-electron chi connectivity index (χ3n) is 7.41. The molecule has 2 fully saturated rings. The quantitative estimate of drug-likeness (QED) is 0.325. The molecular formula is C25H28BFN6O3. The van der Waals surface area contributed by atoms with Gasteiger partial charge in [-0.05, 0) is 42.8 Å². The highest BCUT2D eigenvalue weighted by Crippen LogP contribution is 2.39. The van der Waals surface area contributed by atoms with Gasteiger partial charge < -0.3 is 25.8 Å². The third-order valence-corrected chi connectivity index (χ3v) is 7.41. The highest BCUT2D eigenvalue weighted by Gasteiger charge is 2.33. The Morgan fingerprint density at radius 1 is 1.22 bits per heavy atom. The summed E-state index contributed by atoms with van der Waals surface area (Å²) in [5.41, 5.74) is 8.66. The van der Waals surface area contributed by atoms with Gasteiger partial charge in [-0.15, -0.1) is 0 Å². The summed E-state index contributed by atoms with van der Waals surface area (Å²) in [6, 6.07) is 4.20. The Kier molecular flexibility index (Phi) is 5.79. The van der Waals surface area contributed by atoms with Crippen LogP contribution in [0.5, 0.6) is 5.88 Å². The molecule has 5 heterocycles. The summed E-state index contributed by atoms with van der Waals surface area (Å²) >= 11 is 0. The molecule has 0 radical (unpaired) electrons. The van der Waals surface area contributed by atoms with Crippen LogP contribution in [0.4, 0.5) is 26.4 Å². The Hall–Kier alpha value is -3.60. The Morgan fingerprint density at radius 3 is 2.83 bits per heavy atom. The first-order chi connectivity index (χ1) is 17.5. The molecule has 36 heavy (non-hydrogen) atoms. The lowest BCUT2D eigenvalue weighted by Crippen LogP contribution is -2.52. The standard InChI is InChI=1S/C25H28BFN6O3/c1-12-18(10-31-24-23(12)29-2-3-35-24)17-4-13-5-20(30-11-19(13)22(28)21(17)27)33-25(34)36-16-6-14-8-26-9-15(7-16)32-14/h4-5,10-11,14-16,26,29,32H,2-3,6-9,28H2,1H3,(H,30,33,34). The maximum absolute atomic E-state index is 15.4. The van der Waals surface area contributed by atoms with Gasteiger partial charge in [-0.3, -0.25) is 5.32 Å². The largest absolute Gasteiger partial charge is 0.474 e. The van der Waals surface area contributed by atoms with Gasteiger partial charge in [0.1, 0.15) is 31.5 Å². The molecule has 5 N–H and O–H groups in total. The summed E-state index contributed by atoms with van der Waals surface area (Å²) in [5, 5.41) is 10.7. The van der Waals surface area contributed by atoms with Crippen molar-refractivity contribution < 1.29 is 18.7 Å². The summed E-state index contributed by atoms with van der Waals surface area (Å²) in [7, 11) is 1.22. The van der Waals surface area contributed by atoms with Crippen molar-refractivity contribution in [3.8, 4) is 17.0 Å². The molecule has 186 valence electrons. The summed E-state index contributed by atoms with van der Waals surface area (Å²) in [4.78, 5) is 21.2. The van der Waals surface area contributed by atoms with Crippen molar-refractivity contribution in [3.05, 3.63) is 35.9 Å². The van der Waals surface area contributed by atoms with Crippen LogP contribution in [0, 0.1) is 12.7 Å². The van der Waals surface area contributed by atoms with E-state index in [1.54, 1.807) is 18.3 Å². The summed E-state index contributed by atoms with van der Waals surface area (Å²) in [6.07, 6.45) is 6.29. The molecule has 3 aliphatic heterocycles. The van der Waals surface area contributed by atoms with Crippen molar-refractivity contribution in [2.75, 3.05) is 29.5 Å². The molecule has 3 aromatic rings. The molecule has 11 heteroatoms. The van der Waals surface area contributed by atoms with E-state index in [-0.39, 0.29) is 11.8 Å². The van der Waals surface area contributed by atoms with Crippen LogP contribution in [0.25, 0.3) is 21.9 Å². The fourth-order valence-electron chi connectivity index (χ4n) is 5.65. The van der Waals surface area contributed by atoms with Crippen molar-refractivity contribution in [2.24, 2.45) is 0 Å². The van der Waals surface area contributed by atoms with Crippen LogP contribution in [0.3, 0.4) is 0 Å². The van der Waals surface area contributed by atoms with Crippen LogP contribution < -0.4 is 26.4 Å². The molecule has 2 aromatic heterocycles. The number of nitrogens with two attached hydrogens (primary N) is 1. The van der Waals surface area contributed by atoms with Crippen molar-refractivity contribution in [1.29, 1.82) is 0 Å². The zero-order chi connectivity index (χ0) is 24.8. The molecule has 6 rings (SSSR count). The molecule has 2 atom stereocenters. The monoisotopic (exact) mass is 490 g/mol. The number of amides is 1. The van der Waals surface area contributed by atoms with Gasteiger partial charge in [-0.2, -0.15) is 0 Å². The fourth-order valence-corrected chi connectivity index (χ4v) is 5.65. The van der Waals surface area contributed by atoms with Crippen molar-refractivity contribution in [2.45, 2.75) is 50.6 Å². The maximum atomic E-state index is 15.4. The SMILES string of the molecule is Cc1c(-c2cc3cc(NC(=O)OC4CC5CBCC(C4)N5)ncc3c(N)c2F)cnc2c1NCCO2. The van der Waals surface area contributed by atoms with Gasteiger partial charge in [0.25, 0.3) is 0 Å². The Labute approximate surface area is 208 Å². The lowest BCUT2D eigenvalue weighted by atomic mass is 9.60. The van der Waals surface area contributed by atoms with Gasteiger partial charge in [-0.1, -0.05) is 12.6 Å². The van der Waals surface area contributed by atoms with Gasteiger partial charge in [0.2, 0.25) is 5.88 Å². The first kappa shape index (κ1) is 22.8. The predicted molar refractivity (Wildman–Crippen MR) is 139 cm³/mol. The number of hydrogen-bond acceptors (Lipinski definition) is 8. The number of rotatable bonds is 3. The normalized spacial score (nSPS) is 22.6. The molecule has 0 saturated carbocycles. The highest BCUT2D eigenvalue weighted by molar-refractivity contribution is 6.36. The number of fused-ring (bicyclic) bond motifs is 4. The Bertz CT molecular complexity index is 1340. The number of carbonyl (C=O) groups is 1. The lowest BCUT2D eigenvalue weighted by molar-refractivity contribution is 0.0676. The average Bonchev–Trinajstić information content (AvgIpc) is 2.86. The zero-order valence-electron chi connectivity index (χ0n) is 20.1. The molecule has 2 bridgehead atoms. The molecule has 2 saturated heterocycles. The molecule has 1 aromatic carbocycles. The second-order valence-corrected chi connectivity index (χ2v) is 9.81. The summed E-state index contributed by atoms with van der Waals surface area (Å²) < 4.78 is 26.7. The van der Waals surface area contributed by atoms with Gasteiger partial charge in [0.05, 0.1) is 5.69 Å². The minimum Gasteiger partial charge on any atom is -0.474 e. The first-order valence-corrected chi connectivity index (χ1v) is 12.4. The second-order valence-electron chi connectivity index (χ2n) is 9.81.